The highest BCUT2D eigenvalue weighted by Gasteiger charge is 2.18. The van der Waals surface area contributed by atoms with Gasteiger partial charge in [0.05, 0.1) is 78.1 Å². The number of carbonyl (C=O) groups excluding carboxylic acids is 1. The highest BCUT2D eigenvalue weighted by atomic mass is 32.1. The lowest BCUT2D eigenvalue weighted by Gasteiger charge is -2.18. The van der Waals surface area contributed by atoms with Crippen LogP contribution in [0.5, 0.6) is 11.5 Å². The molecule has 49 heavy (non-hydrogen) atoms. The molecule has 1 aliphatic rings. The number of methoxy groups -OCH3 is 1. The van der Waals surface area contributed by atoms with Gasteiger partial charge < -0.3 is 39.1 Å². The molecule has 3 heterocycles. The molecule has 0 aliphatic carbocycles. The van der Waals surface area contributed by atoms with E-state index in [0.717, 1.165) is 37.6 Å². The minimum Gasteiger partial charge on any atom is -0.493 e. The molecule has 5 rings (SSSR count). The van der Waals surface area contributed by atoms with E-state index in [0.29, 0.717) is 89.9 Å². The van der Waals surface area contributed by atoms with E-state index < -0.39 is 0 Å². The molecule has 0 fully saturated rings. The van der Waals surface area contributed by atoms with Crippen molar-refractivity contribution >= 4 is 34.0 Å². The number of ether oxygens (including phenoxy) is 6. The van der Waals surface area contributed by atoms with Crippen LogP contribution < -0.4 is 20.1 Å². The third-order valence-electron chi connectivity index (χ3n) is 7.81. The first kappa shape index (κ1) is 36.4. The number of rotatable bonds is 1. The fourth-order valence-electron chi connectivity index (χ4n) is 5.42. The molecule has 12 nitrogen and oxygen atoms in total. The number of likely N-dealkylation sites (N-methyl/N-ethyl adjacent to an activating group) is 1. The maximum absolute atomic E-state index is 12.6. The van der Waals surface area contributed by atoms with Crippen molar-refractivity contribution in [3.63, 3.8) is 0 Å². The molecule has 2 aromatic heterocycles. The van der Waals surface area contributed by atoms with E-state index in [1.54, 1.807) is 18.4 Å². The molecule has 264 valence electrons. The summed E-state index contributed by atoms with van der Waals surface area (Å²) >= 11 is 1.74. The highest BCUT2D eigenvalue weighted by molar-refractivity contribution is 7.15. The Bertz CT molecular complexity index is 1650. The largest absolute Gasteiger partial charge is 0.493 e. The molecule has 13 heteroatoms. The summed E-state index contributed by atoms with van der Waals surface area (Å²) in [5, 5.41) is 7.40. The molecule has 0 spiro atoms. The van der Waals surface area contributed by atoms with Crippen LogP contribution in [-0.2, 0) is 30.3 Å². The van der Waals surface area contributed by atoms with Crippen molar-refractivity contribution in [1.82, 2.24) is 20.2 Å². The fraction of sp³-hybridized carbons (Fsp3) is 0.472. The van der Waals surface area contributed by atoms with Crippen LogP contribution in [0.2, 0.25) is 0 Å². The maximum atomic E-state index is 12.6. The second-order valence-electron chi connectivity index (χ2n) is 11.7. The molecule has 2 N–H and O–H groups in total. The van der Waals surface area contributed by atoms with Gasteiger partial charge in [0.15, 0.2) is 11.5 Å². The number of nitrogens with one attached hydrogen (secondary N) is 2. The van der Waals surface area contributed by atoms with Gasteiger partial charge in [-0.15, -0.1) is 11.3 Å². The molecular formula is C36H47N5O7S. The summed E-state index contributed by atoms with van der Waals surface area (Å²) < 4.78 is 34.2. The van der Waals surface area contributed by atoms with Gasteiger partial charge in [0.25, 0.3) is 0 Å². The van der Waals surface area contributed by atoms with E-state index in [1.807, 2.05) is 37.1 Å². The van der Waals surface area contributed by atoms with E-state index in [-0.39, 0.29) is 18.5 Å². The first-order valence-corrected chi connectivity index (χ1v) is 17.4. The Morgan fingerprint density at radius 2 is 1.57 bits per heavy atom. The van der Waals surface area contributed by atoms with Gasteiger partial charge in [-0.05, 0) is 50.2 Å². The Hall–Kier alpha value is -3.85. The van der Waals surface area contributed by atoms with E-state index in [9.17, 15) is 4.79 Å². The molecular weight excluding hydrogens is 646 g/mol. The van der Waals surface area contributed by atoms with E-state index in [2.05, 4.69) is 52.9 Å². The number of fused-ring (bicyclic) bond motifs is 5. The Morgan fingerprint density at radius 1 is 0.878 bits per heavy atom. The number of hydrogen-bond acceptors (Lipinski definition) is 12. The zero-order valence-electron chi connectivity index (χ0n) is 28.8. The summed E-state index contributed by atoms with van der Waals surface area (Å²) in [5.41, 5.74) is 3.06. The Labute approximate surface area is 292 Å². The van der Waals surface area contributed by atoms with Crippen LogP contribution in [0.3, 0.4) is 0 Å². The Balaban J connectivity index is 1.34. The van der Waals surface area contributed by atoms with Crippen LogP contribution in [0.25, 0.3) is 21.3 Å². The third kappa shape index (κ3) is 10.8. The summed E-state index contributed by atoms with van der Waals surface area (Å²) in [7, 11) is 3.57. The van der Waals surface area contributed by atoms with Crippen molar-refractivity contribution in [3.8, 4) is 21.9 Å². The van der Waals surface area contributed by atoms with Gasteiger partial charge >= 0.3 is 0 Å². The van der Waals surface area contributed by atoms with Crippen molar-refractivity contribution in [2.75, 3.05) is 92.0 Å². The van der Waals surface area contributed by atoms with E-state index in [1.165, 1.54) is 0 Å². The van der Waals surface area contributed by atoms with E-state index >= 15 is 0 Å². The van der Waals surface area contributed by atoms with Crippen molar-refractivity contribution in [2.45, 2.75) is 26.4 Å². The summed E-state index contributed by atoms with van der Waals surface area (Å²) in [5.74, 6) is 2.51. The van der Waals surface area contributed by atoms with Gasteiger partial charge in [-0.3, -0.25) is 9.69 Å². The summed E-state index contributed by atoms with van der Waals surface area (Å²) in [6.45, 7) is 9.26. The molecule has 1 aliphatic heterocycles. The summed E-state index contributed by atoms with van der Waals surface area (Å²) in [6, 6.07) is 16.4. The van der Waals surface area contributed by atoms with E-state index in [4.69, 9.17) is 33.4 Å². The van der Waals surface area contributed by atoms with Gasteiger partial charge in [-0.2, -0.15) is 0 Å². The van der Waals surface area contributed by atoms with Crippen molar-refractivity contribution in [2.24, 2.45) is 0 Å². The number of hydrogen-bond donors (Lipinski definition) is 2. The molecule has 0 saturated heterocycles. The first-order chi connectivity index (χ1) is 23.9. The topological polar surface area (TPSA) is 126 Å². The Kier molecular flexibility index (Phi) is 14.0. The number of benzene rings is 2. The lowest BCUT2D eigenvalue weighted by atomic mass is 10.1. The van der Waals surface area contributed by atoms with Gasteiger partial charge in [0, 0.05) is 34.3 Å². The smallest absolute Gasteiger partial charge is 0.234 e. The molecule has 4 aromatic rings. The van der Waals surface area contributed by atoms with Crippen LogP contribution in [0, 0.1) is 6.92 Å². The van der Waals surface area contributed by atoms with Gasteiger partial charge in [-0.1, -0.05) is 24.3 Å². The van der Waals surface area contributed by atoms with Gasteiger partial charge in [-0.25, -0.2) is 9.97 Å². The van der Waals surface area contributed by atoms with Crippen LogP contribution in [0.1, 0.15) is 29.2 Å². The number of thiophene rings is 1. The monoisotopic (exact) mass is 693 g/mol. The van der Waals surface area contributed by atoms with Crippen LogP contribution >= 0.6 is 11.3 Å². The number of amides is 1. The fourth-order valence-corrected chi connectivity index (χ4v) is 6.49. The zero-order valence-corrected chi connectivity index (χ0v) is 29.6. The van der Waals surface area contributed by atoms with Crippen LogP contribution in [0.15, 0.2) is 48.5 Å². The normalized spacial score (nSPS) is 18.8. The SMILES string of the molecule is COc1cc2nc(C)nc3c2cc1OCCOCCOCCOCCOCCNC(=O)CN(C)Cc1ccccc1-c1ccc(s1)C(C)N3. The number of aromatic nitrogens is 2. The quantitative estimate of drug-likeness (QED) is 0.284. The average Bonchev–Trinajstić information content (AvgIpc) is 3.58. The Morgan fingerprint density at radius 3 is 2.31 bits per heavy atom. The lowest BCUT2D eigenvalue weighted by Crippen LogP contribution is -2.36. The second-order valence-corrected chi connectivity index (χ2v) is 12.8. The summed E-state index contributed by atoms with van der Waals surface area (Å²) in [6.07, 6.45) is 0. The van der Waals surface area contributed by atoms with Gasteiger partial charge in [0.1, 0.15) is 18.2 Å². The van der Waals surface area contributed by atoms with Crippen LogP contribution in [-0.4, -0.2) is 107 Å². The average molecular weight is 694 g/mol. The molecule has 1 unspecified atom stereocenters. The minimum absolute atomic E-state index is 0.0305. The standard InChI is InChI=1S/C36H47N5O7S/c1-25-33-9-10-34(49-33)28-8-6-5-7-27(28)23-41(3)24-35(42)37-11-12-44-13-14-45-15-16-46-17-18-47-19-20-48-32-21-29-30(22-31(32)43-4)39-26(2)40-36(29)38-25/h5-10,21-22,25H,11-20,23-24H2,1-4H3,(H,37,42)(H,38,39,40). The number of carbonyl (C=O) groups is 1. The number of aryl methyl sites for hydroxylation is 1. The molecule has 1 atom stereocenters. The second kappa shape index (κ2) is 18.8. The maximum Gasteiger partial charge on any atom is 0.234 e. The third-order valence-corrected chi connectivity index (χ3v) is 9.11. The zero-order chi connectivity index (χ0) is 34.4. The first-order valence-electron chi connectivity index (χ1n) is 16.6. The predicted octanol–water partition coefficient (Wildman–Crippen LogP) is 4.86. The highest BCUT2D eigenvalue weighted by Crippen LogP contribution is 2.38. The molecule has 0 saturated carbocycles. The van der Waals surface area contributed by atoms with Gasteiger partial charge in [0.2, 0.25) is 5.91 Å². The lowest BCUT2D eigenvalue weighted by molar-refractivity contribution is -0.122. The summed E-state index contributed by atoms with van der Waals surface area (Å²) in [4.78, 5) is 26.4. The molecule has 0 radical (unpaired) electrons. The van der Waals surface area contributed by atoms with Crippen LogP contribution in [0.4, 0.5) is 5.82 Å². The molecule has 2 aromatic carbocycles. The molecule has 4 bridgehead atoms. The van der Waals surface area contributed by atoms with Crippen molar-refractivity contribution < 1.29 is 33.2 Å². The predicted molar refractivity (Wildman–Crippen MR) is 191 cm³/mol. The molecule has 1 amide bonds. The van der Waals surface area contributed by atoms with Crippen molar-refractivity contribution in [1.29, 1.82) is 0 Å². The number of nitrogens with zero attached hydrogens (tertiary/aromatic N) is 3. The number of anilines is 1. The van der Waals surface area contributed by atoms with Crippen molar-refractivity contribution in [3.05, 3.63) is 64.8 Å². The minimum atomic E-state index is -0.0424.